The van der Waals surface area contributed by atoms with Gasteiger partial charge in [0.15, 0.2) is 0 Å². The van der Waals surface area contributed by atoms with Crippen LogP contribution in [0.5, 0.6) is 0 Å². The molecule has 2 heterocycles. The summed E-state index contributed by atoms with van der Waals surface area (Å²) < 4.78 is 52.1. The molecule has 1 saturated carbocycles. The van der Waals surface area contributed by atoms with Crippen molar-refractivity contribution in [3.63, 3.8) is 0 Å². The molecule has 0 atom stereocenters. The zero-order chi connectivity index (χ0) is 25.7. The fourth-order valence-corrected chi connectivity index (χ4v) is 3.96. The van der Waals surface area contributed by atoms with Gasteiger partial charge in [-0.15, -0.1) is 0 Å². The van der Waals surface area contributed by atoms with Crippen LogP contribution in [-0.4, -0.2) is 53.5 Å². The number of nitrogens with two attached hydrogens (primary N) is 1. The van der Waals surface area contributed by atoms with Crippen molar-refractivity contribution in [2.24, 2.45) is 10.7 Å². The van der Waals surface area contributed by atoms with Crippen LogP contribution in [0, 0.1) is 0 Å². The van der Waals surface area contributed by atoms with E-state index in [4.69, 9.17) is 5.73 Å². The smallest absolute Gasteiger partial charge is 0.319 e. The molecule has 4 rings (SSSR count). The molecule has 1 aromatic carbocycles. The summed E-state index contributed by atoms with van der Waals surface area (Å²) >= 11 is 0. The number of rotatable bonds is 9. The number of allylic oxidation sites excluding steroid dienone is 1. The van der Waals surface area contributed by atoms with Crippen LogP contribution >= 0.6 is 0 Å². The third-order valence-corrected chi connectivity index (χ3v) is 6.05. The molecule has 6 nitrogen and oxygen atoms in total. The number of carbonyl (C=O) groups is 1. The number of hydrogen-bond donors (Lipinski definition) is 2. The lowest BCUT2D eigenvalue weighted by Crippen LogP contribution is -2.43. The number of pyridine rings is 1. The van der Waals surface area contributed by atoms with Crippen LogP contribution in [0.2, 0.25) is 0 Å². The number of aromatic nitrogens is 1. The van der Waals surface area contributed by atoms with Crippen LogP contribution in [0.15, 0.2) is 53.9 Å². The highest BCUT2D eigenvalue weighted by Gasteiger charge is 2.42. The highest BCUT2D eigenvalue weighted by atomic mass is 19.3. The zero-order valence-electron chi connectivity index (χ0n) is 19.5. The second-order valence-corrected chi connectivity index (χ2v) is 8.92. The van der Waals surface area contributed by atoms with E-state index in [0.717, 1.165) is 35.1 Å². The maximum Gasteiger partial charge on any atom is 0.319 e. The van der Waals surface area contributed by atoms with Gasteiger partial charge in [0.05, 0.1) is 12.6 Å². The van der Waals surface area contributed by atoms with E-state index in [1.165, 1.54) is 17.2 Å². The maximum atomic E-state index is 13.5. The van der Waals surface area contributed by atoms with Gasteiger partial charge in [0, 0.05) is 60.8 Å². The van der Waals surface area contributed by atoms with Gasteiger partial charge in [0.2, 0.25) is 5.91 Å². The van der Waals surface area contributed by atoms with Crippen molar-refractivity contribution >= 4 is 29.5 Å². The quantitative estimate of drug-likeness (QED) is 0.301. The number of fused-ring (bicyclic) bond motifs is 1. The first-order chi connectivity index (χ1) is 17.2. The molecular formula is C26H27F4N5O. The third kappa shape index (κ3) is 6.57. The summed E-state index contributed by atoms with van der Waals surface area (Å²) in [5.74, 6) is -4.46. The summed E-state index contributed by atoms with van der Waals surface area (Å²) in [4.78, 5) is 22.5. The number of aliphatic imine (C=N–C) groups is 1. The topological polar surface area (TPSA) is 83.6 Å². The Labute approximate surface area is 206 Å². The molecule has 2 aliphatic rings. The van der Waals surface area contributed by atoms with Gasteiger partial charge in [-0.25, -0.2) is 8.78 Å². The average molecular weight is 502 g/mol. The maximum absolute atomic E-state index is 13.5. The minimum atomic E-state index is -4.07. The molecular weight excluding hydrogens is 474 g/mol. The lowest BCUT2D eigenvalue weighted by molar-refractivity contribution is -0.143. The molecule has 1 amide bonds. The fraction of sp³-hybridized carbons (Fsp3) is 0.346. The molecule has 1 aliphatic heterocycles. The summed E-state index contributed by atoms with van der Waals surface area (Å²) in [7, 11) is 0. The number of amides is 1. The fourth-order valence-electron chi connectivity index (χ4n) is 3.96. The first-order valence-corrected chi connectivity index (χ1v) is 11.6. The number of benzene rings is 1. The van der Waals surface area contributed by atoms with E-state index in [1.54, 1.807) is 42.9 Å². The van der Waals surface area contributed by atoms with Crippen LogP contribution < -0.4 is 11.1 Å². The Morgan fingerprint density at radius 1 is 1.28 bits per heavy atom. The summed E-state index contributed by atoms with van der Waals surface area (Å²) in [6.07, 6.45) is 8.34. The molecule has 36 heavy (non-hydrogen) atoms. The van der Waals surface area contributed by atoms with Crippen LogP contribution in [0.1, 0.15) is 35.1 Å². The Morgan fingerprint density at radius 2 is 2.08 bits per heavy atom. The third-order valence-electron chi connectivity index (χ3n) is 6.05. The molecule has 0 bridgehead atoms. The first-order valence-electron chi connectivity index (χ1n) is 11.6. The highest BCUT2D eigenvalue weighted by Crippen LogP contribution is 2.29. The molecule has 1 fully saturated rings. The standard InChI is InChI=1S/C26H27F4N5O/c27-25(28)26(29,30)16-35-10-8-17-1-3-22(11-19(17)15-35)34-24(36)6-2-18-13-32-9-7-23(18)20(12-31)14-33-21-4-5-21/h1-3,6-7,9,11-14,21,25H,4-5,8,10,15-16,31H2,(H,34,36)/b6-2+,20-12?,33-14?. The van der Waals surface area contributed by atoms with Crippen molar-refractivity contribution in [2.45, 2.75) is 44.2 Å². The largest absolute Gasteiger partial charge is 0.404 e. The number of hydrogen-bond acceptors (Lipinski definition) is 5. The van der Waals surface area contributed by atoms with Crippen LogP contribution in [0.25, 0.3) is 11.6 Å². The molecule has 1 aromatic heterocycles. The van der Waals surface area contributed by atoms with Gasteiger partial charge in [0.25, 0.3) is 0 Å². The van der Waals surface area contributed by atoms with Crippen molar-refractivity contribution in [1.82, 2.24) is 9.88 Å². The van der Waals surface area contributed by atoms with Crippen molar-refractivity contribution in [3.8, 4) is 0 Å². The molecule has 0 saturated heterocycles. The molecule has 2 aromatic rings. The van der Waals surface area contributed by atoms with E-state index in [9.17, 15) is 22.4 Å². The second-order valence-electron chi connectivity index (χ2n) is 8.92. The number of alkyl halides is 4. The number of halogens is 4. The summed E-state index contributed by atoms with van der Waals surface area (Å²) in [6.45, 7) is -0.643. The predicted molar refractivity (Wildman–Crippen MR) is 132 cm³/mol. The SMILES string of the molecule is NC=C(C=NC1CC1)c1ccncc1/C=C/C(=O)Nc1ccc2c(c1)CN(CC(F)(F)C(F)F)CC2. The van der Waals surface area contributed by atoms with Crippen molar-refractivity contribution < 1.29 is 22.4 Å². The van der Waals surface area contributed by atoms with E-state index in [-0.39, 0.29) is 13.1 Å². The van der Waals surface area contributed by atoms with E-state index in [0.29, 0.717) is 23.7 Å². The van der Waals surface area contributed by atoms with Crippen LogP contribution in [0.3, 0.4) is 0 Å². The van der Waals surface area contributed by atoms with Crippen molar-refractivity contribution in [3.05, 3.63) is 71.2 Å². The van der Waals surface area contributed by atoms with E-state index < -0.39 is 24.8 Å². The van der Waals surface area contributed by atoms with Gasteiger partial charge in [0.1, 0.15) is 0 Å². The number of nitrogens with zero attached hydrogens (tertiary/aromatic N) is 3. The Bertz CT molecular complexity index is 1190. The second kappa shape index (κ2) is 11.0. The van der Waals surface area contributed by atoms with Crippen LogP contribution in [0.4, 0.5) is 23.2 Å². The average Bonchev–Trinajstić information content (AvgIpc) is 3.68. The summed E-state index contributed by atoms with van der Waals surface area (Å²) in [5.41, 5.74) is 10.1. The minimum absolute atomic E-state index is 0.104. The van der Waals surface area contributed by atoms with Crippen molar-refractivity contribution in [2.75, 3.05) is 18.4 Å². The molecule has 1 aliphatic carbocycles. The van der Waals surface area contributed by atoms with E-state index >= 15 is 0 Å². The lowest BCUT2D eigenvalue weighted by Gasteiger charge is -2.31. The van der Waals surface area contributed by atoms with Gasteiger partial charge in [-0.1, -0.05) is 6.07 Å². The lowest BCUT2D eigenvalue weighted by atomic mass is 9.98. The van der Waals surface area contributed by atoms with Crippen molar-refractivity contribution in [1.29, 1.82) is 0 Å². The molecule has 3 N–H and O–H groups in total. The molecule has 0 unspecified atom stereocenters. The molecule has 190 valence electrons. The molecule has 0 spiro atoms. The van der Waals surface area contributed by atoms with E-state index in [2.05, 4.69) is 15.3 Å². The first kappa shape index (κ1) is 25.6. The van der Waals surface area contributed by atoms with E-state index in [1.807, 2.05) is 6.07 Å². The van der Waals surface area contributed by atoms with Gasteiger partial charge >= 0.3 is 12.3 Å². The van der Waals surface area contributed by atoms with Crippen LogP contribution in [-0.2, 0) is 17.8 Å². The Hall–Kier alpha value is -3.53. The highest BCUT2D eigenvalue weighted by molar-refractivity contribution is 6.11. The Kier molecular flexibility index (Phi) is 7.83. The number of carbonyl (C=O) groups excluding carboxylic acids is 1. The minimum Gasteiger partial charge on any atom is -0.404 e. The summed E-state index contributed by atoms with van der Waals surface area (Å²) in [6, 6.07) is 7.37. The van der Waals surface area contributed by atoms with Gasteiger partial charge in [-0.3, -0.25) is 19.7 Å². The molecule has 0 radical (unpaired) electrons. The van der Waals surface area contributed by atoms with Gasteiger partial charge < -0.3 is 11.1 Å². The van der Waals surface area contributed by atoms with Gasteiger partial charge in [-0.05, 0) is 60.2 Å². The monoisotopic (exact) mass is 501 g/mol. The van der Waals surface area contributed by atoms with Gasteiger partial charge in [-0.2, -0.15) is 8.78 Å². The molecule has 10 heteroatoms. The predicted octanol–water partition coefficient (Wildman–Crippen LogP) is 4.52. The Balaban J connectivity index is 1.42. The zero-order valence-corrected chi connectivity index (χ0v) is 19.5. The normalized spacial score (nSPS) is 17.2. The Morgan fingerprint density at radius 3 is 2.81 bits per heavy atom. The number of nitrogens with one attached hydrogen (secondary N) is 1. The summed E-state index contributed by atoms with van der Waals surface area (Å²) in [5, 5.41) is 2.76. The number of anilines is 1.